The third-order valence-corrected chi connectivity index (χ3v) is 5.93. The summed E-state index contributed by atoms with van der Waals surface area (Å²) in [6.45, 7) is 4.23. The molecule has 2 amide bonds. The number of carbonyl (C=O) groups is 2. The molecule has 2 N–H and O–H groups in total. The Labute approximate surface area is 199 Å². The molecule has 1 aromatic carbocycles. The van der Waals surface area contributed by atoms with Gasteiger partial charge in [0.25, 0.3) is 0 Å². The van der Waals surface area contributed by atoms with Crippen LogP contribution in [0.5, 0.6) is 5.75 Å². The molecule has 0 saturated carbocycles. The van der Waals surface area contributed by atoms with Gasteiger partial charge in [0.05, 0.1) is 44.2 Å². The van der Waals surface area contributed by atoms with Crippen molar-refractivity contribution in [2.24, 2.45) is 0 Å². The van der Waals surface area contributed by atoms with Crippen molar-refractivity contribution in [1.82, 2.24) is 15.5 Å². The highest BCUT2D eigenvalue weighted by molar-refractivity contribution is 5.95. The second-order valence-electron chi connectivity index (χ2n) is 8.30. The van der Waals surface area contributed by atoms with Crippen LogP contribution in [0.3, 0.4) is 0 Å². The summed E-state index contributed by atoms with van der Waals surface area (Å²) in [6.07, 6.45) is 3.72. The topological polar surface area (TPSA) is 102 Å². The maximum absolute atomic E-state index is 13.1. The van der Waals surface area contributed by atoms with Crippen molar-refractivity contribution in [3.05, 3.63) is 65.3 Å². The first-order valence-electron chi connectivity index (χ1n) is 11.5. The minimum Gasteiger partial charge on any atom is -0.497 e. The van der Waals surface area contributed by atoms with E-state index in [-0.39, 0.29) is 18.7 Å². The largest absolute Gasteiger partial charge is 0.497 e. The summed E-state index contributed by atoms with van der Waals surface area (Å²) in [7, 11) is 1.59. The minimum atomic E-state index is -0.651. The molecule has 0 aliphatic carbocycles. The molecule has 1 saturated heterocycles. The monoisotopic (exact) mass is 469 g/mol. The second-order valence-corrected chi connectivity index (χ2v) is 8.30. The molecule has 2 aromatic rings. The zero-order valence-corrected chi connectivity index (χ0v) is 19.5. The van der Waals surface area contributed by atoms with E-state index in [1.54, 1.807) is 32.4 Å². The number of urea groups is 1. The van der Waals surface area contributed by atoms with Crippen molar-refractivity contribution < 1.29 is 28.2 Å². The molecule has 4 rings (SSSR count). The molecule has 2 aliphatic rings. The van der Waals surface area contributed by atoms with Crippen LogP contribution in [0.25, 0.3) is 0 Å². The Morgan fingerprint density at radius 3 is 2.68 bits per heavy atom. The third kappa shape index (κ3) is 5.78. The molecule has 0 radical (unpaired) electrons. The molecule has 9 heteroatoms. The zero-order valence-electron chi connectivity index (χ0n) is 19.5. The van der Waals surface area contributed by atoms with Crippen LogP contribution >= 0.6 is 0 Å². The van der Waals surface area contributed by atoms with Crippen LogP contribution in [0.1, 0.15) is 37.1 Å². The number of ether oxygens (including phenoxy) is 3. The molecule has 2 atom stereocenters. The van der Waals surface area contributed by atoms with Gasteiger partial charge < -0.3 is 29.3 Å². The summed E-state index contributed by atoms with van der Waals surface area (Å²) >= 11 is 0. The molecule has 2 aliphatic heterocycles. The molecule has 182 valence electrons. The lowest BCUT2D eigenvalue weighted by Crippen LogP contribution is -2.49. The molecule has 2 unspecified atom stereocenters. The fourth-order valence-corrected chi connectivity index (χ4v) is 4.35. The van der Waals surface area contributed by atoms with Crippen LogP contribution in [0.15, 0.2) is 58.3 Å². The van der Waals surface area contributed by atoms with Gasteiger partial charge in [-0.25, -0.2) is 9.59 Å². The smallest absolute Gasteiger partial charge is 0.338 e. The number of hydrogen-bond acceptors (Lipinski definition) is 7. The van der Waals surface area contributed by atoms with Gasteiger partial charge in [0, 0.05) is 25.4 Å². The Bertz CT molecular complexity index is 996. The number of rotatable bonds is 10. The number of methoxy groups -OCH3 is 1. The van der Waals surface area contributed by atoms with Crippen molar-refractivity contribution in [3.63, 3.8) is 0 Å². The Balaban J connectivity index is 1.67. The number of nitrogens with zero attached hydrogens (tertiary/aromatic N) is 1. The molecule has 1 fully saturated rings. The fraction of sp³-hybridized carbons (Fsp3) is 0.440. The van der Waals surface area contributed by atoms with E-state index in [0.717, 1.165) is 30.8 Å². The van der Waals surface area contributed by atoms with E-state index >= 15 is 0 Å². The summed E-state index contributed by atoms with van der Waals surface area (Å²) in [5.74, 6) is 1.01. The highest BCUT2D eigenvalue weighted by Gasteiger charge is 2.35. The molecular formula is C25H31N3O6. The third-order valence-electron chi connectivity index (χ3n) is 5.93. The first kappa shape index (κ1) is 23.8. The number of nitrogens with one attached hydrogen (secondary N) is 2. The van der Waals surface area contributed by atoms with Crippen molar-refractivity contribution in [3.8, 4) is 5.75 Å². The lowest BCUT2D eigenvalue weighted by Gasteiger charge is -2.32. The SMILES string of the molecule is CCOC(=O)C1=C(CN(Cc2ccco2)CC2CCCO2)NC(=O)NC1c1ccc(OC)cc1. The lowest BCUT2D eigenvalue weighted by molar-refractivity contribution is -0.139. The summed E-state index contributed by atoms with van der Waals surface area (Å²) in [5, 5.41) is 5.72. The maximum Gasteiger partial charge on any atom is 0.338 e. The quantitative estimate of drug-likeness (QED) is 0.516. The van der Waals surface area contributed by atoms with Crippen molar-refractivity contribution in [2.45, 2.75) is 38.5 Å². The Morgan fingerprint density at radius 2 is 2.03 bits per heavy atom. The zero-order chi connectivity index (χ0) is 23.9. The minimum absolute atomic E-state index is 0.0939. The van der Waals surface area contributed by atoms with E-state index in [1.165, 1.54) is 0 Å². The predicted molar refractivity (Wildman–Crippen MR) is 124 cm³/mol. The normalized spacial score (nSPS) is 20.3. The molecule has 1 aromatic heterocycles. The van der Waals surface area contributed by atoms with E-state index in [1.807, 2.05) is 24.3 Å². The van der Waals surface area contributed by atoms with Crippen molar-refractivity contribution in [1.29, 1.82) is 0 Å². The average molecular weight is 470 g/mol. The number of hydrogen-bond donors (Lipinski definition) is 2. The van der Waals surface area contributed by atoms with Gasteiger partial charge in [-0.2, -0.15) is 0 Å². The van der Waals surface area contributed by atoms with Crippen molar-refractivity contribution >= 4 is 12.0 Å². The van der Waals surface area contributed by atoms with Crippen LogP contribution in [-0.4, -0.2) is 56.4 Å². The van der Waals surface area contributed by atoms with Gasteiger partial charge in [-0.05, 0) is 49.6 Å². The van der Waals surface area contributed by atoms with Crippen molar-refractivity contribution in [2.75, 3.05) is 33.4 Å². The van der Waals surface area contributed by atoms with Crippen LogP contribution in [0.2, 0.25) is 0 Å². The van der Waals surface area contributed by atoms with E-state index in [9.17, 15) is 9.59 Å². The van der Waals surface area contributed by atoms with E-state index in [2.05, 4.69) is 15.5 Å². The van der Waals surface area contributed by atoms with Gasteiger partial charge in [0.2, 0.25) is 0 Å². The Kier molecular flexibility index (Phi) is 7.87. The van der Waals surface area contributed by atoms with Crippen LogP contribution in [-0.2, 0) is 20.8 Å². The molecule has 9 nitrogen and oxygen atoms in total. The second kappa shape index (κ2) is 11.2. The Morgan fingerprint density at radius 1 is 1.21 bits per heavy atom. The molecule has 3 heterocycles. The van der Waals surface area contributed by atoms with E-state index < -0.39 is 12.0 Å². The van der Waals surface area contributed by atoms with Gasteiger partial charge in [-0.3, -0.25) is 4.90 Å². The molecule has 0 bridgehead atoms. The van der Waals surface area contributed by atoms with Gasteiger partial charge in [0.1, 0.15) is 11.5 Å². The lowest BCUT2D eigenvalue weighted by atomic mass is 9.94. The highest BCUT2D eigenvalue weighted by Crippen LogP contribution is 2.30. The van der Waals surface area contributed by atoms with E-state index in [4.69, 9.17) is 18.6 Å². The first-order valence-corrected chi connectivity index (χ1v) is 11.5. The van der Waals surface area contributed by atoms with E-state index in [0.29, 0.717) is 36.7 Å². The van der Waals surface area contributed by atoms with Gasteiger partial charge in [-0.15, -0.1) is 0 Å². The molecule has 0 spiro atoms. The standard InChI is InChI=1S/C25H31N3O6/c1-3-32-24(29)22-21(26-25(30)27-23(22)17-8-10-18(31-2)11-9-17)16-28(14-19-6-4-12-33-19)15-20-7-5-13-34-20/h4,6,8-12,20,23H,3,5,7,13-16H2,1-2H3,(H2,26,27,30). The first-order chi connectivity index (χ1) is 16.6. The Hall–Kier alpha value is -3.30. The molecule has 34 heavy (non-hydrogen) atoms. The van der Waals surface area contributed by atoms with Gasteiger partial charge in [0.15, 0.2) is 0 Å². The van der Waals surface area contributed by atoms with Gasteiger partial charge >= 0.3 is 12.0 Å². The number of esters is 1. The van der Waals surface area contributed by atoms with Crippen LogP contribution in [0.4, 0.5) is 4.79 Å². The summed E-state index contributed by atoms with van der Waals surface area (Å²) in [6, 6.07) is 9.98. The fourth-order valence-electron chi connectivity index (χ4n) is 4.35. The number of furan rings is 1. The van der Waals surface area contributed by atoms with Crippen LogP contribution in [0, 0.1) is 0 Å². The molecular weight excluding hydrogens is 438 g/mol. The average Bonchev–Trinajstić information content (AvgIpc) is 3.53. The summed E-state index contributed by atoms with van der Waals surface area (Å²) < 4.78 is 22.0. The predicted octanol–water partition coefficient (Wildman–Crippen LogP) is 3.14. The van der Waals surface area contributed by atoms with Crippen LogP contribution < -0.4 is 15.4 Å². The highest BCUT2D eigenvalue weighted by atomic mass is 16.5. The maximum atomic E-state index is 13.1. The number of carbonyl (C=O) groups excluding carboxylic acids is 2. The van der Waals surface area contributed by atoms with Gasteiger partial charge in [-0.1, -0.05) is 12.1 Å². The number of amides is 2. The number of benzene rings is 1. The summed E-state index contributed by atoms with van der Waals surface area (Å²) in [5.41, 5.74) is 1.64. The summed E-state index contributed by atoms with van der Waals surface area (Å²) in [4.78, 5) is 27.9.